The third-order valence-corrected chi connectivity index (χ3v) is 3.99. The number of carbonyl (C=O) groups is 1. The SMILES string of the molecule is CCN(Cc1cccc(F)c1)C(=O)c1sccc1C. The van der Waals surface area contributed by atoms with E-state index >= 15 is 0 Å². The van der Waals surface area contributed by atoms with Crippen molar-refractivity contribution in [1.82, 2.24) is 4.90 Å². The number of amides is 1. The molecule has 0 fully saturated rings. The molecule has 1 aromatic heterocycles. The van der Waals surface area contributed by atoms with Crippen LogP contribution in [0.25, 0.3) is 0 Å². The number of carbonyl (C=O) groups excluding carboxylic acids is 1. The van der Waals surface area contributed by atoms with E-state index in [0.29, 0.717) is 13.1 Å². The average molecular weight is 277 g/mol. The van der Waals surface area contributed by atoms with Crippen molar-refractivity contribution in [3.63, 3.8) is 0 Å². The van der Waals surface area contributed by atoms with Crippen molar-refractivity contribution in [3.05, 3.63) is 57.5 Å². The minimum Gasteiger partial charge on any atom is -0.334 e. The molecule has 2 aromatic rings. The van der Waals surface area contributed by atoms with Gasteiger partial charge in [-0.25, -0.2) is 4.39 Å². The molecule has 1 heterocycles. The number of aryl methyl sites for hydroxylation is 1. The van der Waals surface area contributed by atoms with E-state index in [9.17, 15) is 9.18 Å². The van der Waals surface area contributed by atoms with Crippen LogP contribution >= 0.6 is 11.3 Å². The molecule has 19 heavy (non-hydrogen) atoms. The van der Waals surface area contributed by atoms with Gasteiger partial charge in [0.05, 0.1) is 4.88 Å². The van der Waals surface area contributed by atoms with Gasteiger partial charge in [0.15, 0.2) is 0 Å². The third kappa shape index (κ3) is 3.20. The van der Waals surface area contributed by atoms with Gasteiger partial charge in [0.25, 0.3) is 5.91 Å². The predicted molar refractivity (Wildman–Crippen MR) is 75.9 cm³/mol. The topological polar surface area (TPSA) is 20.3 Å². The van der Waals surface area contributed by atoms with Crippen LogP contribution in [0.1, 0.15) is 27.7 Å². The van der Waals surface area contributed by atoms with Crippen LogP contribution in [-0.2, 0) is 6.54 Å². The van der Waals surface area contributed by atoms with E-state index in [-0.39, 0.29) is 11.7 Å². The fraction of sp³-hybridized carbons (Fsp3) is 0.267. The molecule has 0 bridgehead atoms. The highest BCUT2D eigenvalue weighted by Crippen LogP contribution is 2.19. The van der Waals surface area contributed by atoms with Crippen LogP contribution in [0.3, 0.4) is 0 Å². The first-order valence-corrected chi connectivity index (χ1v) is 7.07. The summed E-state index contributed by atoms with van der Waals surface area (Å²) in [5.41, 5.74) is 1.80. The molecule has 0 radical (unpaired) electrons. The van der Waals surface area contributed by atoms with Gasteiger partial charge in [0, 0.05) is 13.1 Å². The Labute approximate surface area is 116 Å². The Kier molecular flexibility index (Phi) is 4.32. The minimum absolute atomic E-state index is 0.0132. The molecule has 0 N–H and O–H groups in total. The number of hydrogen-bond acceptors (Lipinski definition) is 2. The number of hydrogen-bond donors (Lipinski definition) is 0. The zero-order valence-corrected chi connectivity index (χ0v) is 11.8. The smallest absolute Gasteiger partial charge is 0.264 e. The predicted octanol–water partition coefficient (Wildman–Crippen LogP) is 3.86. The maximum atomic E-state index is 13.2. The molecule has 4 heteroatoms. The first-order chi connectivity index (χ1) is 9.11. The van der Waals surface area contributed by atoms with Crippen molar-refractivity contribution in [2.75, 3.05) is 6.54 Å². The molecule has 0 aliphatic heterocycles. The molecular weight excluding hydrogens is 261 g/mol. The van der Waals surface area contributed by atoms with Gasteiger partial charge in [-0.3, -0.25) is 4.79 Å². The maximum Gasteiger partial charge on any atom is 0.264 e. The largest absolute Gasteiger partial charge is 0.334 e. The molecule has 0 aliphatic rings. The van der Waals surface area contributed by atoms with E-state index in [0.717, 1.165) is 16.0 Å². The van der Waals surface area contributed by atoms with Crippen LogP contribution < -0.4 is 0 Å². The van der Waals surface area contributed by atoms with Crippen LogP contribution in [0.4, 0.5) is 4.39 Å². The van der Waals surface area contributed by atoms with Gasteiger partial charge in [-0.2, -0.15) is 0 Å². The van der Waals surface area contributed by atoms with Gasteiger partial charge >= 0.3 is 0 Å². The van der Waals surface area contributed by atoms with Gasteiger partial charge in [-0.05, 0) is 48.6 Å². The average Bonchev–Trinajstić information content (AvgIpc) is 2.81. The highest BCUT2D eigenvalue weighted by atomic mass is 32.1. The van der Waals surface area contributed by atoms with Gasteiger partial charge in [-0.1, -0.05) is 12.1 Å². The summed E-state index contributed by atoms with van der Waals surface area (Å²) in [7, 11) is 0. The second kappa shape index (κ2) is 5.97. The highest BCUT2D eigenvalue weighted by Gasteiger charge is 2.17. The fourth-order valence-corrected chi connectivity index (χ4v) is 2.81. The second-order valence-electron chi connectivity index (χ2n) is 4.38. The Morgan fingerprint density at radius 1 is 1.37 bits per heavy atom. The van der Waals surface area contributed by atoms with Crippen LogP contribution in [-0.4, -0.2) is 17.4 Å². The summed E-state index contributed by atoms with van der Waals surface area (Å²) in [6, 6.07) is 8.32. The summed E-state index contributed by atoms with van der Waals surface area (Å²) in [5.74, 6) is -0.257. The number of halogens is 1. The molecule has 2 nitrogen and oxygen atoms in total. The van der Waals surface area contributed by atoms with E-state index in [1.54, 1.807) is 11.0 Å². The number of benzene rings is 1. The molecule has 0 unspecified atom stereocenters. The van der Waals surface area contributed by atoms with Crippen LogP contribution in [0.5, 0.6) is 0 Å². The van der Waals surface area contributed by atoms with E-state index in [2.05, 4.69) is 0 Å². The summed E-state index contributed by atoms with van der Waals surface area (Å²) < 4.78 is 13.2. The van der Waals surface area contributed by atoms with Crippen molar-refractivity contribution >= 4 is 17.2 Å². The molecule has 0 aliphatic carbocycles. The summed E-state index contributed by atoms with van der Waals surface area (Å²) in [6.45, 7) is 4.90. The third-order valence-electron chi connectivity index (χ3n) is 2.99. The Morgan fingerprint density at radius 3 is 2.74 bits per heavy atom. The Morgan fingerprint density at radius 2 is 2.16 bits per heavy atom. The molecule has 0 saturated carbocycles. The molecule has 100 valence electrons. The lowest BCUT2D eigenvalue weighted by Gasteiger charge is -2.20. The number of thiophene rings is 1. The summed E-state index contributed by atoms with van der Waals surface area (Å²) in [6.07, 6.45) is 0. The Balaban J connectivity index is 2.17. The van der Waals surface area contributed by atoms with Crippen LogP contribution in [0, 0.1) is 12.7 Å². The van der Waals surface area contributed by atoms with Crippen molar-refractivity contribution in [2.24, 2.45) is 0 Å². The molecule has 2 rings (SSSR count). The van der Waals surface area contributed by atoms with Gasteiger partial charge in [0.1, 0.15) is 5.82 Å². The zero-order valence-electron chi connectivity index (χ0n) is 11.0. The number of nitrogens with zero attached hydrogens (tertiary/aromatic N) is 1. The lowest BCUT2D eigenvalue weighted by molar-refractivity contribution is 0.0756. The highest BCUT2D eigenvalue weighted by molar-refractivity contribution is 7.12. The molecular formula is C15H16FNOS. The molecule has 0 saturated heterocycles. The molecule has 1 amide bonds. The van der Waals surface area contributed by atoms with Crippen molar-refractivity contribution in [2.45, 2.75) is 20.4 Å². The second-order valence-corrected chi connectivity index (χ2v) is 5.30. The standard InChI is InChI=1S/C15H16FNOS/c1-3-17(10-12-5-4-6-13(16)9-12)15(18)14-11(2)7-8-19-14/h4-9H,3,10H2,1-2H3. The maximum absolute atomic E-state index is 13.2. The van der Waals surface area contributed by atoms with Crippen molar-refractivity contribution in [3.8, 4) is 0 Å². The molecule has 0 atom stereocenters. The summed E-state index contributed by atoms with van der Waals surface area (Å²) in [4.78, 5) is 14.9. The molecule has 1 aromatic carbocycles. The quantitative estimate of drug-likeness (QED) is 0.831. The lowest BCUT2D eigenvalue weighted by atomic mass is 10.2. The molecule has 0 spiro atoms. The Bertz CT molecular complexity index is 579. The zero-order chi connectivity index (χ0) is 13.8. The van der Waals surface area contributed by atoms with E-state index < -0.39 is 0 Å². The van der Waals surface area contributed by atoms with E-state index in [4.69, 9.17) is 0 Å². The van der Waals surface area contributed by atoms with Crippen molar-refractivity contribution in [1.29, 1.82) is 0 Å². The Hall–Kier alpha value is -1.68. The van der Waals surface area contributed by atoms with Gasteiger partial charge in [-0.15, -0.1) is 11.3 Å². The monoisotopic (exact) mass is 277 g/mol. The summed E-state index contributed by atoms with van der Waals surface area (Å²) >= 11 is 1.45. The van der Waals surface area contributed by atoms with Crippen LogP contribution in [0.15, 0.2) is 35.7 Å². The minimum atomic E-state index is -0.270. The van der Waals surface area contributed by atoms with E-state index in [1.165, 1.54) is 23.5 Å². The first-order valence-electron chi connectivity index (χ1n) is 6.19. The lowest BCUT2D eigenvalue weighted by Crippen LogP contribution is -2.30. The van der Waals surface area contributed by atoms with E-state index in [1.807, 2.05) is 31.4 Å². The van der Waals surface area contributed by atoms with Crippen molar-refractivity contribution < 1.29 is 9.18 Å². The fourth-order valence-electron chi connectivity index (χ4n) is 1.92. The van der Waals surface area contributed by atoms with Crippen LogP contribution in [0.2, 0.25) is 0 Å². The van der Waals surface area contributed by atoms with Gasteiger partial charge in [0.2, 0.25) is 0 Å². The summed E-state index contributed by atoms with van der Waals surface area (Å²) in [5, 5.41) is 1.92. The normalized spacial score (nSPS) is 10.5. The number of rotatable bonds is 4. The first kappa shape index (κ1) is 13.7. The van der Waals surface area contributed by atoms with Gasteiger partial charge < -0.3 is 4.90 Å².